The van der Waals surface area contributed by atoms with Gasteiger partial charge in [-0.2, -0.15) is 4.98 Å². The molecule has 1 saturated heterocycles. The normalized spacial score (nSPS) is 15.2. The molecule has 1 aliphatic rings. The van der Waals surface area contributed by atoms with Crippen molar-refractivity contribution < 1.29 is 14.3 Å². The Labute approximate surface area is 194 Å². The van der Waals surface area contributed by atoms with E-state index in [1.54, 1.807) is 31.5 Å². The third-order valence-electron chi connectivity index (χ3n) is 4.91. The largest absolute Gasteiger partial charge is 0.438 e. The number of para-hydroxylation sites is 1. The van der Waals surface area contributed by atoms with Crippen molar-refractivity contribution in [2.24, 2.45) is 0 Å². The summed E-state index contributed by atoms with van der Waals surface area (Å²) in [5, 5.41) is 0. The minimum absolute atomic E-state index is 0.139. The second-order valence-corrected chi connectivity index (χ2v) is 8.79. The van der Waals surface area contributed by atoms with Crippen molar-refractivity contribution >= 4 is 45.9 Å². The van der Waals surface area contributed by atoms with Crippen LogP contribution in [-0.2, 0) is 9.53 Å². The molecular formula is C23H21N3O4S2. The summed E-state index contributed by atoms with van der Waals surface area (Å²) in [4.78, 5) is 32.7. The van der Waals surface area contributed by atoms with Crippen LogP contribution in [-0.4, -0.2) is 44.8 Å². The molecule has 0 spiro atoms. The Morgan fingerprint density at radius 1 is 1.16 bits per heavy atom. The maximum atomic E-state index is 13.3. The van der Waals surface area contributed by atoms with Crippen molar-refractivity contribution in [1.82, 2.24) is 14.3 Å². The molecule has 7 nitrogen and oxygen atoms in total. The van der Waals surface area contributed by atoms with Gasteiger partial charge in [0.15, 0.2) is 0 Å². The smallest absolute Gasteiger partial charge is 0.269 e. The van der Waals surface area contributed by atoms with E-state index in [-0.39, 0.29) is 22.9 Å². The van der Waals surface area contributed by atoms with Gasteiger partial charge in [-0.1, -0.05) is 48.2 Å². The minimum atomic E-state index is -0.330. The molecule has 0 atom stereocenters. The number of benzene rings is 1. The highest BCUT2D eigenvalue weighted by atomic mass is 32.2. The van der Waals surface area contributed by atoms with E-state index in [0.29, 0.717) is 40.2 Å². The van der Waals surface area contributed by atoms with Gasteiger partial charge in [-0.3, -0.25) is 18.9 Å². The highest BCUT2D eigenvalue weighted by molar-refractivity contribution is 8.26. The number of aryl methyl sites for hydroxylation is 1. The van der Waals surface area contributed by atoms with Gasteiger partial charge in [0.25, 0.3) is 11.5 Å². The lowest BCUT2D eigenvalue weighted by atomic mass is 10.2. The fraction of sp³-hybridized carbons (Fsp3) is 0.217. The molecule has 2 aromatic heterocycles. The zero-order valence-corrected chi connectivity index (χ0v) is 19.2. The van der Waals surface area contributed by atoms with Gasteiger partial charge in [0, 0.05) is 26.5 Å². The number of ether oxygens (including phenoxy) is 2. The number of hydrogen-bond donors (Lipinski definition) is 0. The van der Waals surface area contributed by atoms with Crippen LogP contribution in [0.25, 0.3) is 11.7 Å². The second kappa shape index (κ2) is 9.64. The Kier molecular flexibility index (Phi) is 6.69. The van der Waals surface area contributed by atoms with Gasteiger partial charge in [0.2, 0.25) is 5.88 Å². The van der Waals surface area contributed by atoms with Gasteiger partial charge in [0.1, 0.15) is 21.3 Å². The summed E-state index contributed by atoms with van der Waals surface area (Å²) < 4.78 is 13.0. The van der Waals surface area contributed by atoms with Crippen molar-refractivity contribution in [2.45, 2.75) is 13.3 Å². The van der Waals surface area contributed by atoms with Crippen LogP contribution in [0.3, 0.4) is 0 Å². The van der Waals surface area contributed by atoms with E-state index in [1.807, 2.05) is 31.2 Å². The first-order chi connectivity index (χ1) is 15.5. The van der Waals surface area contributed by atoms with E-state index in [2.05, 4.69) is 4.98 Å². The molecule has 0 aliphatic carbocycles. The average molecular weight is 468 g/mol. The third kappa shape index (κ3) is 4.45. The number of thiocarbonyl (C=S) groups is 1. The molecule has 1 aliphatic heterocycles. The molecule has 4 rings (SSSR count). The number of hydrogen-bond acceptors (Lipinski definition) is 7. The zero-order chi connectivity index (χ0) is 22.7. The van der Waals surface area contributed by atoms with Crippen LogP contribution in [0, 0.1) is 6.92 Å². The first-order valence-electron chi connectivity index (χ1n) is 9.99. The van der Waals surface area contributed by atoms with Crippen LogP contribution in [0.15, 0.2) is 58.4 Å². The molecule has 0 bridgehead atoms. The van der Waals surface area contributed by atoms with Crippen molar-refractivity contribution in [3.63, 3.8) is 0 Å². The van der Waals surface area contributed by atoms with Gasteiger partial charge >= 0.3 is 0 Å². The third-order valence-corrected chi connectivity index (χ3v) is 6.29. The number of amides is 1. The summed E-state index contributed by atoms with van der Waals surface area (Å²) in [5.74, 6) is 0.483. The first-order valence-corrected chi connectivity index (χ1v) is 11.2. The number of carbonyl (C=O) groups excluding carboxylic acids is 1. The number of pyridine rings is 1. The molecule has 3 aromatic rings. The van der Waals surface area contributed by atoms with E-state index in [1.165, 1.54) is 15.4 Å². The van der Waals surface area contributed by atoms with Crippen LogP contribution in [0.2, 0.25) is 0 Å². The van der Waals surface area contributed by atoms with Gasteiger partial charge in [0.05, 0.1) is 4.91 Å². The quantitative estimate of drug-likeness (QED) is 0.295. The van der Waals surface area contributed by atoms with Crippen molar-refractivity contribution in [3.8, 4) is 11.6 Å². The first kappa shape index (κ1) is 22.2. The summed E-state index contributed by atoms with van der Waals surface area (Å²) in [5.41, 5.74) is 1.21. The van der Waals surface area contributed by atoms with Crippen molar-refractivity contribution in [3.05, 3.63) is 75.0 Å². The van der Waals surface area contributed by atoms with Crippen LogP contribution >= 0.6 is 24.0 Å². The summed E-state index contributed by atoms with van der Waals surface area (Å²) in [6.07, 6.45) is 3.82. The average Bonchev–Trinajstić information content (AvgIpc) is 3.05. The summed E-state index contributed by atoms with van der Waals surface area (Å²) >= 11 is 6.54. The Morgan fingerprint density at radius 2 is 1.94 bits per heavy atom. The molecule has 0 unspecified atom stereocenters. The van der Waals surface area contributed by atoms with Gasteiger partial charge < -0.3 is 9.47 Å². The molecule has 0 N–H and O–H groups in total. The van der Waals surface area contributed by atoms with E-state index in [4.69, 9.17) is 21.7 Å². The fourth-order valence-electron chi connectivity index (χ4n) is 3.25. The maximum absolute atomic E-state index is 13.3. The molecule has 1 amide bonds. The lowest BCUT2D eigenvalue weighted by molar-refractivity contribution is -0.122. The molecule has 164 valence electrons. The molecule has 1 aromatic carbocycles. The minimum Gasteiger partial charge on any atom is -0.438 e. The number of fused-ring (bicyclic) bond motifs is 1. The summed E-state index contributed by atoms with van der Waals surface area (Å²) in [6, 6.07) is 12.7. The number of carbonyl (C=O) groups is 1. The number of aromatic nitrogens is 2. The standard InChI is InChI=1S/C23H21N3O4S2/c1-15-8-3-4-9-17(15)30-20-16(21(27)25-11-6-5-10-19(25)24-20)14-18-22(28)26(23(31)32-18)12-7-13-29-2/h3-6,8-11,14H,7,12-13H2,1-2H3/b18-14-. The number of thioether (sulfide) groups is 1. The van der Waals surface area contributed by atoms with E-state index < -0.39 is 0 Å². The number of methoxy groups -OCH3 is 1. The van der Waals surface area contributed by atoms with Crippen LogP contribution in [0.1, 0.15) is 17.5 Å². The van der Waals surface area contributed by atoms with Crippen LogP contribution in [0.4, 0.5) is 0 Å². The highest BCUT2D eigenvalue weighted by Crippen LogP contribution is 2.34. The van der Waals surface area contributed by atoms with Crippen LogP contribution in [0.5, 0.6) is 11.6 Å². The molecule has 0 radical (unpaired) electrons. The number of nitrogens with zero attached hydrogens (tertiary/aromatic N) is 3. The fourth-order valence-corrected chi connectivity index (χ4v) is 4.54. The van der Waals surface area contributed by atoms with Crippen LogP contribution < -0.4 is 10.3 Å². The Morgan fingerprint density at radius 3 is 2.72 bits per heavy atom. The molecule has 32 heavy (non-hydrogen) atoms. The Bertz CT molecular complexity index is 1290. The topological polar surface area (TPSA) is 73.1 Å². The predicted octanol–water partition coefficient (Wildman–Crippen LogP) is 4.03. The van der Waals surface area contributed by atoms with E-state index in [9.17, 15) is 9.59 Å². The summed E-state index contributed by atoms with van der Waals surface area (Å²) in [7, 11) is 1.61. The monoisotopic (exact) mass is 467 g/mol. The second-order valence-electron chi connectivity index (χ2n) is 7.11. The molecule has 1 fully saturated rings. The van der Waals surface area contributed by atoms with E-state index in [0.717, 1.165) is 17.3 Å². The molecular weight excluding hydrogens is 446 g/mol. The van der Waals surface area contributed by atoms with Gasteiger partial charge in [-0.15, -0.1) is 0 Å². The highest BCUT2D eigenvalue weighted by Gasteiger charge is 2.32. The van der Waals surface area contributed by atoms with Gasteiger partial charge in [-0.25, -0.2) is 0 Å². The van der Waals surface area contributed by atoms with Crippen molar-refractivity contribution in [1.29, 1.82) is 0 Å². The Hall–Kier alpha value is -3.01. The SMILES string of the molecule is COCCCN1C(=O)/C(=C/c2c(Oc3ccccc3C)nc3ccccn3c2=O)SC1=S. The molecule has 0 saturated carbocycles. The summed E-state index contributed by atoms with van der Waals surface area (Å²) in [6.45, 7) is 2.89. The molecule has 9 heteroatoms. The lowest BCUT2D eigenvalue weighted by Gasteiger charge is -2.13. The number of rotatable bonds is 7. The maximum Gasteiger partial charge on any atom is 0.269 e. The predicted molar refractivity (Wildman–Crippen MR) is 129 cm³/mol. The molecule has 3 heterocycles. The van der Waals surface area contributed by atoms with Crippen molar-refractivity contribution in [2.75, 3.05) is 20.3 Å². The Balaban J connectivity index is 1.78. The van der Waals surface area contributed by atoms with E-state index >= 15 is 0 Å². The zero-order valence-electron chi connectivity index (χ0n) is 17.6. The van der Waals surface area contributed by atoms with Gasteiger partial charge in [-0.05, 0) is 43.2 Å². The lowest BCUT2D eigenvalue weighted by Crippen LogP contribution is -2.29.